The molecule has 2 rings (SSSR count). The van der Waals surface area contributed by atoms with Crippen molar-refractivity contribution in [2.45, 2.75) is 26.0 Å². The third-order valence-electron chi connectivity index (χ3n) is 3.66. The highest BCUT2D eigenvalue weighted by Crippen LogP contribution is 2.21. The van der Waals surface area contributed by atoms with Crippen molar-refractivity contribution in [1.29, 1.82) is 0 Å². The van der Waals surface area contributed by atoms with Crippen LogP contribution in [0.15, 0.2) is 6.20 Å². The van der Waals surface area contributed by atoms with Crippen molar-refractivity contribution in [2.75, 3.05) is 33.3 Å². The quantitative estimate of drug-likeness (QED) is 0.857. The number of morpholine rings is 1. The van der Waals surface area contributed by atoms with Crippen LogP contribution in [0.3, 0.4) is 0 Å². The minimum absolute atomic E-state index is 0.295. The molecule has 0 bridgehead atoms. The van der Waals surface area contributed by atoms with E-state index in [2.05, 4.69) is 42.4 Å². The Bertz CT molecular complexity index is 384. The molecule has 0 saturated carbocycles. The molecule has 0 amide bonds. The van der Waals surface area contributed by atoms with Gasteiger partial charge in [-0.25, -0.2) is 0 Å². The first-order valence-corrected chi connectivity index (χ1v) is 6.60. The van der Waals surface area contributed by atoms with E-state index in [1.165, 1.54) is 5.56 Å². The molecule has 2 unspecified atom stereocenters. The Hall–Kier alpha value is -0.910. The van der Waals surface area contributed by atoms with E-state index in [1.807, 2.05) is 11.7 Å². The maximum absolute atomic E-state index is 5.75. The normalized spacial score (nSPS) is 22.4. The molecule has 0 radical (unpaired) electrons. The molecule has 1 saturated heterocycles. The second-order valence-electron chi connectivity index (χ2n) is 5.16. The molecule has 2 heterocycles. The summed E-state index contributed by atoms with van der Waals surface area (Å²) >= 11 is 0. The van der Waals surface area contributed by atoms with Crippen molar-refractivity contribution in [3.8, 4) is 0 Å². The molecule has 2 atom stereocenters. The van der Waals surface area contributed by atoms with Crippen molar-refractivity contribution in [1.82, 2.24) is 20.0 Å². The second kappa shape index (κ2) is 5.82. The molecule has 5 nitrogen and oxygen atoms in total. The van der Waals surface area contributed by atoms with Crippen molar-refractivity contribution in [3.05, 3.63) is 17.5 Å². The van der Waals surface area contributed by atoms with Crippen molar-refractivity contribution >= 4 is 0 Å². The van der Waals surface area contributed by atoms with E-state index < -0.39 is 0 Å². The molecule has 1 aliphatic heterocycles. The van der Waals surface area contributed by atoms with Crippen molar-refractivity contribution in [2.24, 2.45) is 7.05 Å². The van der Waals surface area contributed by atoms with Gasteiger partial charge in [-0.15, -0.1) is 0 Å². The average Bonchev–Trinajstić information content (AvgIpc) is 2.68. The van der Waals surface area contributed by atoms with Crippen LogP contribution in [0.25, 0.3) is 0 Å². The zero-order valence-corrected chi connectivity index (χ0v) is 11.8. The third kappa shape index (κ3) is 3.10. The highest BCUT2D eigenvalue weighted by Gasteiger charge is 2.21. The summed E-state index contributed by atoms with van der Waals surface area (Å²) in [5, 5.41) is 7.77. The summed E-state index contributed by atoms with van der Waals surface area (Å²) in [5.41, 5.74) is 2.41. The van der Waals surface area contributed by atoms with E-state index in [9.17, 15) is 0 Å². The highest BCUT2D eigenvalue weighted by atomic mass is 16.5. The fraction of sp³-hybridized carbons (Fsp3) is 0.769. The monoisotopic (exact) mass is 252 g/mol. The largest absolute Gasteiger partial charge is 0.374 e. The van der Waals surface area contributed by atoms with Gasteiger partial charge in [0.1, 0.15) is 0 Å². The topological polar surface area (TPSA) is 42.3 Å². The lowest BCUT2D eigenvalue weighted by molar-refractivity contribution is 0.00389. The van der Waals surface area contributed by atoms with E-state index in [0.717, 1.165) is 31.9 Å². The van der Waals surface area contributed by atoms with E-state index >= 15 is 0 Å². The molecule has 18 heavy (non-hydrogen) atoms. The molecule has 0 aliphatic carbocycles. The molecule has 1 aromatic rings. The van der Waals surface area contributed by atoms with Gasteiger partial charge >= 0.3 is 0 Å². The van der Waals surface area contributed by atoms with Gasteiger partial charge in [-0.05, 0) is 20.9 Å². The molecule has 1 N–H and O–H groups in total. The van der Waals surface area contributed by atoms with Crippen LogP contribution in [0, 0.1) is 6.92 Å². The predicted molar refractivity (Wildman–Crippen MR) is 71.6 cm³/mol. The highest BCUT2D eigenvalue weighted by molar-refractivity contribution is 5.19. The molecule has 0 aromatic carbocycles. The third-order valence-corrected chi connectivity index (χ3v) is 3.66. The summed E-state index contributed by atoms with van der Waals surface area (Å²) in [6.07, 6.45) is 2.40. The van der Waals surface area contributed by atoms with E-state index in [-0.39, 0.29) is 0 Å². The molecule has 1 aromatic heterocycles. The Balaban J connectivity index is 1.95. The Morgan fingerprint density at radius 3 is 3.00 bits per heavy atom. The van der Waals surface area contributed by atoms with E-state index in [0.29, 0.717) is 12.1 Å². The molecule has 5 heteroatoms. The fourth-order valence-corrected chi connectivity index (χ4v) is 2.48. The first kappa shape index (κ1) is 13.5. The van der Waals surface area contributed by atoms with Gasteiger partial charge in [-0.1, -0.05) is 0 Å². The summed E-state index contributed by atoms with van der Waals surface area (Å²) in [6.45, 7) is 7.97. The summed E-state index contributed by atoms with van der Waals surface area (Å²) in [7, 11) is 4.12. The number of aromatic nitrogens is 2. The average molecular weight is 252 g/mol. The number of ether oxygens (including phenoxy) is 1. The number of hydrogen-bond donors (Lipinski definition) is 1. The van der Waals surface area contributed by atoms with Gasteiger partial charge in [0, 0.05) is 44.5 Å². The Morgan fingerprint density at radius 1 is 1.67 bits per heavy atom. The lowest BCUT2D eigenvalue weighted by Crippen LogP contribution is -2.44. The minimum atomic E-state index is 0.295. The van der Waals surface area contributed by atoms with Crippen LogP contribution in [-0.4, -0.2) is 54.1 Å². The van der Waals surface area contributed by atoms with Gasteiger partial charge < -0.3 is 10.1 Å². The maximum Gasteiger partial charge on any atom is 0.0826 e. The number of rotatable bonds is 4. The molecule has 0 spiro atoms. The van der Waals surface area contributed by atoms with Gasteiger partial charge in [-0.2, -0.15) is 5.10 Å². The summed E-state index contributed by atoms with van der Waals surface area (Å²) in [6, 6.07) is 0.365. The molecule has 1 aliphatic rings. The number of likely N-dealkylation sites (N-methyl/N-ethyl adjacent to an activating group) is 1. The number of aryl methyl sites for hydroxylation is 2. The van der Waals surface area contributed by atoms with Gasteiger partial charge in [0.05, 0.1) is 18.4 Å². The summed E-state index contributed by atoms with van der Waals surface area (Å²) in [4.78, 5) is 2.34. The number of nitrogens with one attached hydrogen (secondary N) is 1. The lowest BCUT2D eigenvalue weighted by atomic mass is 10.1. The SMILES string of the molecule is Cc1nn(C)cc1C(C)N(C)CC1CNCCO1. The number of hydrogen-bond acceptors (Lipinski definition) is 4. The first-order valence-electron chi connectivity index (χ1n) is 6.60. The van der Waals surface area contributed by atoms with Crippen LogP contribution in [0.2, 0.25) is 0 Å². The van der Waals surface area contributed by atoms with E-state index in [4.69, 9.17) is 4.74 Å². The molecule has 102 valence electrons. The Morgan fingerprint density at radius 2 is 2.44 bits per heavy atom. The smallest absolute Gasteiger partial charge is 0.0826 e. The minimum Gasteiger partial charge on any atom is -0.374 e. The van der Waals surface area contributed by atoms with Crippen LogP contribution in [-0.2, 0) is 11.8 Å². The maximum atomic E-state index is 5.75. The lowest BCUT2D eigenvalue weighted by Gasteiger charge is -2.31. The first-order chi connectivity index (χ1) is 8.58. The van der Waals surface area contributed by atoms with Gasteiger partial charge in [0.25, 0.3) is 0 Å². The van der Waals surface area contributed by atoms with Crippen LogP contribution in [0.1, 0.15) is 24.2 Å². The molecular weight excluding hydrogens is 228 g/mol. The summed E-state index contributed by atoms with van der Waals surface area (Å²) < 4.78 is 7.63. The van der Waals surface area contributed by atoms with Crippen LogP contribution >= 0.6 is 0 Å². The van der Waals surface area contributed by atoms with Crippen molar-refractivity contribution in [3.63, 3.8) is 0 Å². The van der Waals surface area contributed by atoms with Crippen LogP contribution in [0.5, 0.6) is 0 Å². The van der Waals surface area contributed by atoms with Crippen molar-refractivity contribution < 1.29 is 4.74 Å². The Kier molecular flexibility index (Phi) is 4.37. The zero-order valence-electron chi connectivity index (χ0n) is 11.8. The number of nitrogens with zero attached hydrogens (tertiary/aromatic N) is 3. The van der Waals surface area contributed by atoms with E-state index in [1.54, 1.807) is 0 Å². The molecule has 1 fully saturated rings. The van der Waals surface area contributed by atoms with Gasteiger partial charge in [0.2, 0.25) is 0 Å². The van der Waals surface area contributed by atoms with Gasteiger partial charge in [-0.3, -0.25) is 9.58 Å². The predicted octanol–water partition coefficient (Wildman–Crippen LogP) is 0.710. The molecular formula is C13H24N4O. The van der Waals surface area contributed by atoms with Gasteiger partial charge in [0.15, 0.2) is 0 Å². The fourth-order valence-electron chi connectivity index (χ4n) is 2.48. The van der Waals surface area contributed by atoms with Crippen LogP contribution < -0.4 is 5.32 Å². The zero-order chi connectivity index (χ0) is 13.1. The second-order valence-corrected chi connectivity index (χ2v) is 5.16. The Labute approximate surface area is 109 Å². The summed E-state index contributed by atoms with van der Waals surface area (Å²) in [5.74, 6) is 0. The van der Waals surface area contributed by atoms with Crippen LogP contribution in [0.4, 0.5) is 0 Å². The standard InChI is InChI=1S/C13H24N4O/c1-10-13(9-17(4)15-10)11(2)16(3)8-12-7-14-5-6-18-12/h9,11-12,14H,5-8H2,1-4H3.